The zero-order valence-corrected chi connectivity index (χ0v) is 15.7. The van der Waals surface area contributed by atoms with E-state index in [0.717, 1.165) is 5.56 Å². The van der Waals surface area contributed by atoms with E-state index in [0.29, 0.717) is 43.1 Å². The van der Waals surface area contributed by atoms with Crippen LogP contribution >= 0.6 is 0 Å². The van der Waals surface area contributed by atoms with E-state index >= 15 is 0 Å². The van der Waals surface area contributed by atoms with Crippen LogP contribution in [-0.4, -0.2) is 38.2 Å². The van der Waals surface area contributed by atoms with E-state index in [9.17, 15) is 13.2 Å². The topological polar surface area (TPSA) is 91.4 Å². The van der Waals surface area contributed by atoms with Gasteiger partial charge in [0.1, 0.15) is 5.82 Å². The Bertz CT molecular complexity index is 926. The Labute approximate surface area is 159 Å². The lowest BCUT2D eigenvalue weighted by atomic mass is 10.2. The molecule has 0 aliphatic carbocycles. The number of anilines is 2. The molecule has 1 aromatic heterocycles. The molecule has 2 heterocycles. The predicted molar refractivity (Wildman–Crippen MR) is 106 cm³/mol. The first kappa shape index (κ1) is 18.9. The molecule has 0 spiro atoms. The van der Waals surface area contributed by atoms with Crippen molar-refractivity contribution in [3.8, 4) is 0 Å². The summed E-state index contributed by atoms with van der Waals surface area (Å²) in [7, 11) is -3.19. The summed E-state index contributed by atoms with van der Waals surface area (Å²) in [6, 6.07) is 10.9. The van der Waals surface area contributed by atoms with Crippen molar-refractivity contribution in [2.45, 2.75) is 13.0 Å². The van der Waals surface area contributed by atoms with Crippen LogP contribution in [0, 0.1) is 0 Å². The van der Waals surface area contributed by atoms with E-state index in [1.54, 1.807) is 24.3 Å². The molecule has 8 heteroatoms. The van der Waals surface area contributed by atoms with Gasteiger partial charge in [-0.3, -0.25) is 9.10 Å². The molecule has 1 aromatic carbocycles. The van der Waals surface area contributed by atoms with Crippen molar-refractivity contribution < 1.29 is 13.2 Å². The summed E-state index contributed by atoms with van der Waals surface area (Å²) in [4.78, 5) is 16.1. The number of hydrogen-bond acceptors (Lipinski definition) is 5. The molecule has 1 aliphatic heterocycles. The summed E-state index contributed by atoms with van der Waals surface area (Å²) >= 11 is 0. The van der Waals surface area contributed by atoms with Crippen LogP contribution in [0.1, 0.15) is 22.3 Å². The van der Waals surface area contributed by atoms with Gasteiger partial charge < -0.3 is 10.6 Å². The Morgan fingerprint density at radius 2 is 2.15 bits per heavy atom. The number of carbonyl (C=O) groups is 1. The molecule has 7 nitrogen and oxygen atoms in total. The molecule has 1 amide bonds. The number of carbonyl (C=O) groups excluding carboxylic acids is 1. The Morgan fingerprint density at radius 1 is 1.30 bits per heavy atom. The number of benzene rings is 1. The number of nitrogens with one attached hydrogen (secondary N) is 2. The van der Waals surface area contributed by atoms with Crippen LogP contribution in [0.15, 0.2) is 55.3 Å². The quantitative estimate of drug-likeness (QED) is 0.712. The lowest BCUT2D eigenvalue weighted by Crippen LogP contribution is -2.25. The summed E-state index contributed by atoms with van der Waals surface area (Å²) in [5, 5.41) is 5.88. The molecule has 0 unspecified atom stereocenters. The number of nitrogens with zero attached hydrogens (tertiary/aromatic N) is 2. The summed E-state index contributed by atoms with van der Waals surface area (Å²) in [5.41, 5.74) is 2.11. The monoisotopic (exact) mass is 386 g/mol. The van der Waals surface area contributed by atoms with Crippen molar-refractivity contribution in [2.24, 2.45) is 0 Å². The van der Waals surface area contributed by atoms with Crippen LogP contribution in [0.25, 0.3) is 0 Å². The van der Waals surface area contributed by atoms with Crippen LogP contribution in [0.2, 0.25) is 0 Å². The van der Waals surface area contributed by atoms with E-state index in [2.05, 4.69) is 22.2 Å². The number of hydrogen-bond donors (Lipinski definition) is 2. The van der Waals surface area contributed by atoms with Crippen molar-refractivity contribution in [1.82, 2.24) is 10.3 Å². The molecule has 2 aromatic rings. The average Bonchev–Trinajstić information content (AvgIpc) is 3.04. The first-order valence-corrected chi connectivity index (χ1v) is 10.3. The molecule has 0 atom stereocenters. The maximum absolute atomic E-state index is 12.1. The number of rotatable bonds is 7. The number of aromatic nitrogens is 1. The summed E-state index contributed by atoms with van der Waals surface area (Å²) in [6.45, 7) is 4.98. The predicted octanol–water partition coefficient (Wildman–Crippen LogP) is 2.15. The third kappa shape index (κ3) is 4.65. The second-order valence-electron chi connectivity index (χ2n) is 6.20. The smallest absolute Gasteiger partial charge is 0.253 e. The van der Waals surface area contributed by atoms with Gasteiger partial charge in [-0.15, -0.1) is 6.58 Å². The minimum Gasteiger partial charge on any atom is -0.366 e. The largest absolute Gasteiger partial charge is 0.366 e. The van der Waals surface area contributed by atoms with Crippen LogP contribution in [0.4, 0.5) is 11.5 Å². The molecule has 0 radical (unpaired) electrons. The lowest BCUT2D eigenvalue weighted by Gasteiger charge is -2.17. The first-order valence-electron chi connectivity index (χ1n) is 8.68. The Hall–Kier alpha value is -2.87. The van der Waals surface area contributed by atoms with Gasteiger partial charge in [0.15, 0.2) is 0 Å². The van der Waals surface area contributed by atoms with Gasteiger partial charge in [-0.25, -0.2) is 13.4 Å². The van der Waals surface area contributed by atoms with Gasteiger partial charge in [-0.2, -0.15) is 0 Å². The number of pyridine rings is 1. The highest BCUT2D eigenvalue weighted by atomic mass is 32.2. The highest BCUT2D eigenvalue weighted by Crippen LogP contribution is 2.25. The normalized spacial score (nSPS) is 15.3. The average molecular weight is 386 g/mol. The maximum atomic E-state index is 12.1. The molecule has 1 saturated heterocycles. The summed E-state index contributed by atoms with van der Waals surface area (Å²) < 4.78 is 25.6. The molecular formula is C19H22N4O3S. The third-order valence-electron chi connectivity index (χ3n) is 4.20. The molecule has 3 rings (SSSR count). The lowest BCUT2D eigenvalue weighted by molar-refractivity contribution is 0.0957. The summed E-state index contributed by atoms with van der Waals surface area (Å²) in [5.74, 6) is 0.634. The highest BCUT2D eigenvalue weighted by Gasteiger charge is 2.28. The number of amides is 1. The molecular weight excluding hydrogens is 364 g/mol. The van der Waals surface area contributed by atoms with E-state index in [-0.39, 0.29) is 11.7 Å². The van der Waals surface area contributed by atoms with Crippen molar-refractivity contribution in [3.05, 3.63) is 66.4 Å². The fourth-order valence-electron chi connectivity index (χ4n) is 2.84. The van der Waals surface area contributed by atoms with Gasteiger partial charge >= 0.3 is 0 Å². The molecule has 0 saturated carbocycles. The van der Waals surface area contributed by atoms with E-state index in [1.807, 2.05) is 18.2 Å². The standard InChI is InChI=1S/C19H22N4O3S/c1-2-9-20-19(24)16-7-8-18(22-14-16)21-13-15-5-3-6-17(12-15)23-10-4-11-27(23,25)26/h2-3,5-8,12,14H,1,4,9-11,13H2,(H,20,24)(H,21,22). The molecule has 1 aliphatic rings. The van der Waals surface area contributed by atoms with Gasteiger partial charge in [0.25, 0.3) is 5.91 Å². The van der Waals surface area contributed by atoms with Crippen molar-refractivity contribution >= 4 is 27.4 Å². The van der Waals surface area contributed by atoms with Crippen molar-refractivity contribution in [2.75, 3.05) is 28.5 Å². The van der Waals surface area contributed by atoms with Gasteiger partial charge in [0.2, 0.25) is 10.0 Å². The third-order valence-corrected chi connectivity index (χ3v) is 6.07. The zero-order valence-electron chi connectivity index (χ0n) is 14.9. The SMILES string of the molecule is C=CCNC(=O)c1ccc(NCc2cccc(N3CCCS3(=O)=O)c2)nc1. The van der Waals surface area contributed by atoms with Crippen LogP contribution in [-0.2, 0) is 16.6 Å². The molecule has 1 fully saturated rings. The Balaban J connectivity index is 1.63. The van der Waals surface area contributed by atoms with Crippen molar-refractivity contribution in [1.29, 1.82) is 0 Å². The Kier molecular flexibility index (Phi) is 5.75. The van der Waals surface area contributed by atoms with Crippen LogP contribution in [0.5, 0.6) is 0 Å². The maximum Gasteiger partial charge on any atom is 0.253 e. The molecule has 142 valence electrons. The van der Waals surface area contributed by atoms with Crippen LogP contribution in [0.3, 0.4) is 0 Å². The Morgan fingerprint density at radius 3 is 2.81 bits per heavy atom. The fourth-order valence-corrected chi connectivity index (χ4v) is 4.40. The van der Waals surface area contributed by atoms with Crippen LogP contribution < -0.4 is 14.9 Å². The van der Waals surface area contributed by atoms with Gasteiger partial charge in [0.05, 0.1) is 17.0 Å². The van der Waals surface area contributed by atoms with E-state index < -0.39 is 10.0 Å². The first-order chi connectivity index (χ1) is 13.0. The second kappa shape index (κ2) is 8.22. The zero-order chi connectivity index (χ0) is 19.3. The molecule has 0 bridgehead atoms. The minimum absolute atomic E-state index is 0.200. The van der Waals surface area contributed by atoms with Crippen molar-refractivity contribution in [3.63, 3.8) is 0 Å². The van der Waals surface area contributed by atoms with Gasteiger partial charge in [-0.1, -0.05) is 18.2 Å². The fraction of sp³-hybridized carbons (Fsp3) is 0.263. The van der Waals surface area contributed by atoms with E-state index in [1.165, 1.54) is 10.5 Å². The van der Waals surface area contributed by atoms with Gasteiger partial charge in [-0.05, 0) is 36.2 Å². The van der Waals surface area contributed by atoms with E-state index in [4.69, 9.17) is 0 Å². The second-order valence-corrected chi connectivity index (χ2v) is 8.21. The summed E-state index contributed by atoms with van der Waals surface area (Å²) in [6.07, 6.45) is 3.78. The minimum atomic E-state index is -3.19. The number of sulfonamides is 1. The van der Waals surface area contributed by atoms with Gasteiger partial charge in [0, 0.05) is 25.8 Å². The molecule has 2 N–H and O–H groups in total. The molecule has 27 heavy (non-hydrogen) atoms. The highest BCUT2D eigenvalue weighted by molar-refractivity contribution is 7.93.